The number of phenols is 2. The molecule has 0 spiro atoms. The van der Waals surface area contributed by atoms with Gasteiger partial charge < -0.3 is 20.3 Å². The number of carbonyl (C=O) groups excluding carboxylic acids is 1. The number of nitrogens with zero attached hydrogens (tertiary/aromatic N) is 1. The van der Waals surface area contributed by atoms with Crippen molar-refractivity contribution in [2.24, 2.45) is 5.10 Å². The largest absolute Gasteiger partial charge is 0.504 e. The van der Waals surface area contributed by atoms with Crippen LogP contribution in [0.15, 0.2) is 47.6 Å². The van der Waals surface area contributed by atoms with Crippen LogP contribution in [0.5, 0.6) is 17.2 Å². The van der Waals surface area contributed by atoms with Crippen molar-refractivity contribution in [3.63, 3.8) is 0 Å². The van der Waals surface area contributed by atoms with Gasteiger partial charge in [-0.15, -0.1) is 0 Å². The number of ether oxygens (including phenoxy) is 1. The minimum absolute atomic E-state index is 0.0243. The molecule has 0 saturated heterocycles. The predicted molar refractivity (Wildman–Crippen MR) is 87.0 cm³/mol. The van der Waals surface area contributed by atoms with Crippen molar-refractivity contribution in [3.05, 3.63) is 48.0 Å². The molecule has 0 fully saturated rings. The maximum Gasteiger partial charge on any atom is 0.259 e. The summed E-state index contributed by atoms with van der Waals surface area (Å²) >= 11 is 0. The first-order valence-electron chi connectivity index (χ1n) is 6.81. The molecule has 0 aromatic heterocycles. The molecule has 23 heavy (non-hydrogen) atoms. The van der Waals surface area contributed by atoms with Gasteiger partial charge in [-0.2, -0.15) is 5.10 Å². The van der Waals surface area contributed by atoms with Gasteiger partial charge in [-0.3, -0.25) is 4.79 Å². The number of rotatable bonds is 6. The van der Waals surface area contributed by atoms with Crippen LogP contribution >= 0.6 is 0 Å². The molecule has 0 saturated carbocycles. The number of hydrazone groups is 1. The summed E-state index contributed by atoms with van der Waals surface area (Å²) in [7, 11) is 1.57. The number of carbonyl (C=O) groups is 1. The number of nitrogens with one attached hydrogen (secondary N) is 2. The maximum atomic E-state index is 11.7. The predicted octanol–water partition coefficient (Wildman–Crippen LogP) is 1.67. The summed E-state index contributed by atoms with van der Waals surface area (Å²) in [4.78, 5) is 11.7. The molecule has 0 aliphatic heterocycles. The van der Waals surface area contributed by atoms with Crippen molar-refractivity contribution in [3.8, 4) is 17.2 Å². The lowest BCUT2D eigenvalue weighted by atomic mass is 10.2. The van der Waals surface area contributed by atoms with Gasteiger partial charge in [-0.05, 0) is 24.3 Å². The van der Waals surface area contributed by atoms with Crippen LogP contribution in [0.4, 0.5) is 5.69 Å². The first-order chi connectivity index (χ1) is 11.1. The summed E-state index contributed by atoms with van der Waals surface area (Å²) < 4.78 is 5.09. The van der Waals surface area contributed by atoms with Crippen molar-refractivity contribution in [1.29, 1.82) is 0 Å². The van der Waals surface area contributed by atoms with E-state index in [4.69, 9.17) is 4.74 Å². The second-order valence-corrected chi connectivity index (χ2v) is 4.59. The van der Waals surface area contributed by atoms with Crippen molar-refractivity contribution >= 4 is 17.8 Å². The molecule has 7 nitrogen and oxygen atoms in total. The van der Waals surface area contributed by atoms with Crippen LogP contribution in [-0.4, -0.2) is 36.0 Å². The fourth-order valence-electron chi connectivity index (χ4n) is 1.78. The van der Waals surface area contributed by atoms with Crippen LogP contribution < -0.4 is 15.5 Å². The zero-order valence-electron chi connectivity index (χ0n) is 12.5. The Morgan fingerprint density at radius 3 is 2.83 bits per heavy atom. The number of para-hydroxylation sites is 1. The van der Waals surface area contributed by atoms with E-state index in [1.54, 1.807) is 31.4 Å². The average molecular weight is 315 g/mol. The fraction of sp³-hybridized carbons (Fsp3) is 0.125. The van der Waals surface area contributed by atoms with E-state index in [2.05, 4.69) is 15.8 Å². The number of hydrogen-bond donors (Lipinski definition) is 4. The number of aromatic hydroxyl groups is 2. The maximum absolute atomic E-state index is 11.7. The topological polar surface area (TPSA) is 103 Å². The number of benzene rings is 2. The average Bonchev–Trinajstić information content (AvgIpc) is 2.57. The minimum atomic E-state index is -0.358. The molecule has 0 aliphatic carbocycles. The number of anilines is 1. The van der Waals surface area contributed by atoms with Crippen LogP contribution in [0.25, 0.3) is 0 Å². The van der Waals surface area contributed by atoms with E-state index in [0.717, 1.165) is 5.69 Å². The van der Waals surface area contributed by atoms with Gasteiger partial charge in [0.15, 0.2) is 11.5 Å². The molecule has 0 atom stereocenters. The van der Waals surface area contributed by atoms with E-state index in [0.29, 0.717) is 11.3 Å². The van der Waals surface area contributed by atoms with Gasteiger partial charge in [0.1, 0.15) is 5.75 Å². The third kappa shape index (κ3) is 4.63. The Kier molecular flexibility index (Phi) is 5.40. The van der Waals surface area contributed by atoms with Gasteiger partial charge in [0, 0.05) is 17.3 Å². The minimum Gasteiger partial charge on any atom is -0.504 e. The van der Waals surface area contributed by atoms with E-state index >= 15 is 0 Å². The molecule has 0 aliphatic rings. The van der Waals surface area contributed by atoms with Crippen molar-refractivity contribution < 1.29 is 19.7 Å². The molecule has 0 bridgehead atoms. The lowest BCUT2D eigenvalue weighted by molar-refractivity contribution is -0.119. The van der Waals surface area contributed by atoms with Crippen LogP contribution in [0.2, 0.25) is 0 Å². The highest BCUT2D eigenvalue weighted by atomic mass is 16.5. The molecular formula is C16H17N3O4. The van der Waals surface area contributed by atoms with E-state index in [9.17, 15) is 15.0 Å². The Labute approximate surface area is 133 Å². The van der Waals surface area contributed by atoms with Gasteiger partial charge >= 0.3 is 0 Å². The third-order valence-electron chi connectivity index (χ3n) is 2.96. The lowest BCUT2D eigenvalue weighted by Gasteiger charge is -2.07. The Balaban J connectivity index is 1.85. The zero-order valence-corrected chi connectivity index (χ0v) is 12.5. The summed E-state index contributed by atoms with van der Waals surface area (Å²) in [6, 6.07) is 11.6. The smallest absolute Gasteiger partial charge is 0.259 e. The standard InChI is InChI=1S/C16H17N3O4/c1-23-13-6-3-5-12(8-13)17-10-15(21)19-18-9-11-4-2-7-14(20)16(11)22/h2-9,17,20,22H,10H2,1H3,(H,19,21)/b18-9+. The first-order valence-corrected chi connectivity index (χ1v) is 6.81. The Morgan fingerprint density at radius 1 is 1.26 bits per heavy atom. The molecule has 7 heteroatoms. The molecule has 1 amide bonds. The first kappa shape index (κ1) is 16.2. The number of methoxy groups -OCH3 is 1. The Hall–Kier alpha value is -3.22. The molecule has 120 valence electrons. The van der Waals surface area contributed by atoms with E-state index in [1.807, 2.05) is 12.1 Å². The summed E-state index contributed by atoms with van der Waals surface area (Å²) in [5.74, 6) is -0.212. The van der Waals surface area contributed by atoms with Gasteiger partial charge in [-0.1, -0.05) is 12.1 Å². The second-order valence-electron chi connectivity index (χ2n) is 4.59. The van der Waals surface area contributed by atoms with E-state index < -0.39 is 0 Å². The molecule has 0 radical (unpaired) electrons. The number of hydrogen-bond acceptors (Lipinski definition) is 6. The third-order valence-corrected chi connectivity index (χ3v) is 2.96. The number of phenolic OH excluding ortho intramolecular Hbond substituents is 2. The van der Waals surface area contributed by atoms with Crippen LogP contribution in [-0.2, 0) is 4.79 Å². The van der Waals surface area contributed by atoms with Crippen LogP contribution in [0.3, 0.4) is 0 Å². The van der Waals surface area contributed by atoms with E-state index in [1.165, 1.54) is 12.3 Å². The van der Waals surface area contributed by atoms with Crippen LogP contribution in [0, 0.1) is 0 Å². The zero-order chi connectivity index (χ0) is 16.7. The SMILES string of the molecule is COc1cccc(NCC(=O)N/N=C/c2cccc(O)c2O)c1. The molecule has 2 aromatic rings. The van der Waals surface area contributed by atoms with Gasteiger partial charge in [-0.25, -0.2) is 5.43 Å². The highest BCUT2D eigenvalue weighted by Crippen LogP contribution is 2.26. The summed E-state index contributed by atoms with van der Waals surface area (Å²) in [6.45, 7) is 0.0243. The van der Waals surface area contributed by atoms with Gasteiger partial charge in [0.05, 0.1) is 19.9 Å². The summed E-state index contributed by atoms with van der Waals surface area (Å²) in [6.07, 6.45) is 1.25. The van der Waals surface area contributed by atoms with Gasteiger partial charge in [0.2, 0.25) is 0 Å². The highest BCUT2D eigenvalue weighted by molar-refractivity contribution is 5.87. The summed E-state index contributed by atoms with van der Waals surface area (Å²) in [5, 5.41) is 25.6. The highest BCUT2D eigenvalue weighted by Gasteiger charge is 2.04. The van der Waals surface area contributed by atoms with Crippen molar-refractivity contribution in [2.75, 3.05) is 19.0 Å². The molecule has 2 rings (SSSR count). The second kappa shape index (κ2) is 7.69. The molecule has 4 N–H and O–H groups in total. The fourth-order valence-corrected chi connectivity index (χ4v) is 1.78. The quantitative estimate of drug-likeness (QED) is 0.369. The van der Waals surface area contributed by atoms with Crippen LogP contribution in [0.1, 0.15) is 5.56 Å². The van der Waals surface area contributed by atoms with E-state index in [-0.39, 0.29) is 24.0 Å². The van der Waals surface area contributed by atoms with Gasteiger partial charge in [0.25, 0.3) is 5.91 Å². The van der Waals surface area contributed by atoms with Crippen molar-refractivity contribution in [1.82, 2.24) is 5.43 Å². The monoisotopic (exact) mass is 315 g/mol. The Morgan fingerprint density at radius 2 is 2.04 bits per heavy atom. The normalized spacial score (nSPS) is 10.5. The molecular weight excluding hydrogens is 298 g/mol. The number of amides is 1. The summed E-state index contributed by atoms with van der Waals surface area (Å²) in [5.41, 5.74) is 3.36. The Bertz CT molecular complexity index is 716. The molecule has 0 heterocycles. The van der Waals surface area contributed by atoms with Crippen molar-refractivity contribution in [2.45, 2.75) is 0 Å². The molecule has 0 unspecified atom stereocenters. The lowest BCUT2D eigenvalue weighted by Crippen LogP contribution is -2.25. The molecule has 2 aromatic carbocycles.